The largest absolute Gasteiger partial charge is 0.377 e. The van der Waals surface area contributed by atoms with E-state index in [4.69, 9.17) is 4.74 Å². The molecular weight excluding hydrogens is 186 g/mol. The van der Waals surface area contributed by atoms with Gasteiger partial charge >= 0.3 is 0 Å². The Bertz CT molecular complexity index is 256. The minimum atomic E-state index is 0.198. The zero-order valence-electron chi connectivity index (χ0n) is 9.86. The molecule has 0 aliphatic heterocycles. The van der Waals surface area contributed by atoms with Gasteiger partial charge in [0.05, 0.1) is 6.10 Å². The quantitative estimate of drug-likeness (QED) is 0.774. The highest BCUT2D eigenvalue weighted by molar-refractivity contribution is 5.17. The number of nitrogens with one attached hydrogen (secondary N) is 1. The molecule has 0 bridgehead atoms. The van der Waals surface area contributed by atoms with Crippen LogP contribution in [0.3, 0.4) is 0 Å². The molecule has 2 unspecified atom stereocenters. The molecule has 0 spiro atoms. The number of hydrogen-bond acceptors (Lipinski definition) is 2. The molecule has 84 valence electrons. The van der Waals surface area contributed by atoms with Gasteiger partial charge in [-0.2, -0.15) is 0 Å². The van der Waals surface area contributed by atoms with Crippen molar-refractivity contribution in [3.63, 3.8) is 0 Å². The molecule has 0 radical (unpaired) electrons. The van der Waals surface area contributed by atoms with Crippen LogP contribution in [-0.2, 0) is 4.74 Å². The number of benzene rings is 1. The van der Waals surface area contributed by atoms with Crippen LogP contribution in [0.25, 0.3) is 0 Å². The van der Waals surface area contributed by atoms with E-state index < -0.39 is 0 Å². The first-order valence-electron chi connectivity index (χ1n) is 5.56. The lowest BCUT2D eigenvalue weighted by molar-refractivity contribution is 0.0858. The SMILES string of the molecule is CCC(CC(OC)c1ccccc1)NC. The Morgan fingerprint density at radius 2 is 1.93 bits per heavy atom. The molecule has 0 saturated heterocycles. The van der Waals surface area contributed by atoms with Gasteiger partial charge in [-0.05, 0) is 25.5 Å². The summed E-state index contributed by atoms with van der Waals surface area (Å²) < 4.78 is 5.53. The number of ether oxygens (including phenoxy) is 1. The van der Waals surface area contributed by atoms with Crippen LogP contribution in [0.4, 0.5) is 0 Å². The van der Waals surface area contributed by atoms with Crippen molar-refractivity contribution in [2.75, 3.05) is 14.2 Å². The summed E-state index contributed by atoms with van der Waals surface area (Å²) in [7, 11) is 3.78. The molecule has 0 amide bonds. The van der Waals surface area contributed by atoms with E-state index in [1.54, 1.807) is 7.11 Å². The highest BCUT2D eigenvalue weighted by atomic mass is 16.5. The van der Waals surface area contributed by atoms with Crippen molar-refractivity contribution in [3.05, 3.63) is 35.9 Å². The van der Waals surface area contributed by atoms with Gasteiger partial charge in [0.15, 0.2) is 0 Å². The van der Waals surface area contributed by atoms with Gasteiger partial charge in [-0.25, -0.2) is 0 Å². The van der Waals surface area contributed by atoms with Crippen molar-refractivity contribution in [3.8, 4) is 0 Å². The van der Waals surface area contributed by atoms with Crippen molar-refractivity contribution < 1.29 is 4.74 Å². The van der Waals surface area contributed by atoms with Gasteiger partial charge in [0.1, 0.15) is 0 Å². The topological polar surface area (TPSA) is 21.3 Å². The van der Waals surface area contributed by atoms with Gasteiger partial charge in [-0.15, -0.1) is 0 Å². The van der Waals surface area contributed by atoms with Gasteiger partial charge in [0.25, 0.3) is 0 Å². The Morgan fingerprint density at radius 1 is 1.27 bits per heavy atom. The first-order chi connectivity index (χ1) is 7.31. The van der Waals surface area contributed by atoms with Crippen molar-refractivity contribution in [1.82, 2.24) is 5.32 Å². The van der Waals surface area contributed by atoms with Crippen LogP contribution >= 0.6 is 0 Å². The lowest BCUT2D eigenvalue weighted by Gasteiger charge is -2.21. The zero-order chi connectivity index (χ0) is 11.1. The Labute approximate surface area is 92.6 Å². The molecule has 0 fully saturated rings. The lowest BCUT2D eigenvalue weighted by atomic mass is 10.0. The minimum Gasteiger partial charge on any atom is -0.377 e. The van der Waals surface area contributed by atoms with Crippen molar-refractivity contribution >= 4 is 0 Å². The summed E-state index contributed by atoms with van der Waals surface area (Å²) in [6.45, 7) is 2.19. The van der Waals surface area contributed by atoms with Gasteiger partial charge in [-0.1, -0.05) is 37.3 Å². The van der Waals surface area contributed by atoms with E-state index in [9.17, 15) is 0 Å². The van der Waals surface area contributed by atoms with Gasteiger partial charge in [0.2, 0.25) is 0 Å². The summed E-state index contributed by atoms with van der Waals surface area (Å²) in [6.07, 6.45) is 2.35. The van der Waals surface area contributed by atoms with Crippen LogP contribution < -0.4 is 5.32 Å². The third-order valence-corrected chi connectivity index (χ3v) is 2.86. The lowest BCUT2D eigenvalue weighted by Crippen LogP contribution is -2.26. The molecule has 1 aromatic carbocycles. The summed E-state index contributed by atoms with van der Waals surface area (Å²) in [5.74, 6) is 0. The van der Waals surface area contributed by atoms with Gasteiger partial charge in [0, 0.05) is 13.2 Å². The Kier molecular flexibility index (Phi) is 5.37. The first kappa shape index (κ1) is 12.2. The fourth-order valence-electron chi connectivity index (χ4n) is 1.78. The average Bonchev–Trinajstić information content (AvgIpc) is 2.32. The number of methoxy groups -OCH3 is 1. The molecule has 1 N–H and O–H groups in total. The summed E-state index contributed by atoms with van der Waals surface area (Å²) in [4.78, 5) is 0. The molecule has 0 aromatic heterocycles. The molecule has 2 atom stereocenters. The maximum atomic E-state index is 5.53. The van der Waals surface area contributed by atoms with Gasteiger partial charge in [-0.3, -0.25) is 0 Å². The van der Waals surface area contributed by atoms with E-state index in [-0.39, 0.29) is 6.10 Å². The smallest absolute Gasteiger partial charge is 0.0836 e. The highest BCUT2D eigenvalue weighted by Crippen LogP contribution is 2.22. The second-order valence-electron chi connectivity index (χ2n) is 3.76. The highest BCUT2D eigenvalue weighted by Gasteiger charge is 2.14. The van der Waals surface area contributed by atoms with Gasteiger partial charge < -0.3 is 10.1 Å². The molecule has 1 aromatic rings. The predicted octanol–water partition coefficient (Wildman–Crippen LogP) is 2.76. The standard InChI is InChI=1S/C13H21NO/c1-4-12(14-2)10-13(15-3)11-8-6-5-7-9-11/h5-9,12-14H,4,10H2,1-3H3. The maximum absolute atomic E-state index is 5.53. The molecule has 0 aliphatic rings. The van der Waals surface area contributed by atoms with Crippen LogP contribution in [0.1, 0.15) is 31.4 Å². The van der Waals surface area contributed by atoms with Crippen LogP contribution in [0.15, 0.2) is 30.3 Å². The van der Waals surface area contributed by atoms with Crippen LogP contribution in [0, 0.1) is 0 Å². The number of rotatable bonds is 6. The molecule has 0 saturated carbocycles. The van der Waals surface area contributed by atoms with Crippen molar-refractivity contribution in [1.29, 1.82) is 0 Å². The summed E-state index contributed by atoms with van der Waals surface area (Å²) in [5, 5.41) is 3.31. The second kappa shape index (κ2) is 6.59. The van der Waals surface area contributed by atoms with Crippen molar-refractivity contribution in [2.45, 2.75) is 31.9 Å². The maximum Gasteiger partial charge on any atom is 0.0836 e. The fraction of sp³-hybridized carbons (Fsp3) is 0.538. The van der Waals surface area contributed by atoms with Crippen molar-refractivity contribution in [2.24, 2.45) is 0 Å². The van der Waals surface area contributed by atoms with E-state index in [0.717, 1.165) is 12.8 Å². The summed E-state index contributed by atoms with van der Waals surface area (Å²) in [6, 6.07) is 10.9. The molecule has 0 heterocycles. The van der Waals surface area contributed by atoms with E-state index in [0.29, 0.717) is 6.04 Å². The second-order valence-corrected chi connectivity index (χ2v) is 3.76. The molecule has 15 heavy (non-hydrogen) atoms. The summed E-state index contributed by atoms with van der Waals surface area (Å²) in [5.41, 5.74) is 1.26. The Morgan fingerprint density at radius 3 is 2.40 bits per heavy atom. The van der Waals surface area contributed by atoms with E-state index in [1.807, 2.05) is 13.1 Å². The predicted molar refractivity (Wildman–Crippen MR) is 63.9 cm³/mol. The first-order valence-corrected chi connectivity index (χ1v) is 5.56. The zero-order valence-corrected chi connectivity index (χ0v) is 9.86. The Balaban J connectivity index is 2.64. The monoisotopic (exact) mass is 207 g/mol. The number of hydrogen-bond donors (Lipinski definition) is 1. The van der Waals surface area contributed by atoms with Crippen LogP contribution in [0.5, 0.6) is 0 Å². The summed E-state index contributed by atoms with van der Waals surface area (Å²) >= 11 is 0. The van der Waals surface area contributed by atoms with E-state index in [2.05, 4.69) is 36.5 Å². The average molecular weight is 207 g/mol. The molecule has 1 rings (SSSR count). The third kappa shape index (κ3) is 3.65. The molecular formula is C13H21NO. The molecule has 0 aliphatic carbocycles. The van der Waals surface area contributed by atoms with E-state index in [1.165, 1.54) is 5.56 Å². The van der Waals surface area contributed by atoms with Crippen LogP contribution in [0.2, 0.25) is 0 Å². The fourth-order valence-corrected chi connectivity index (χ4v) is 1.78. The van der Waals surface area contributed by atoms with Crippen LogP contribution in [-0.4, -0.2) is 20.2 Å². The third-order valence-electron chi connectivity index (χ3n) is 2.86. The molecule has 2 nitrogen and oxygen atoms in total. The Hall–Kier alpha value is -0.860. The van der Waals surface area contributed by atoms with E-state index >= 15 is 0 Å². The normalized spacial score (nSPS) is 14.9. The molecule has 2 heteroatoms. The minimum absolute atomic E-state index is 0.198.